The van der Waals surface area contributed by atoms with Gasteiger partial charge in [0.05, 0.1) is 31.6 Å². The van der Waals surface area contributed by atoms with E-state index in [2.05, 4.69) is 21.5 Å². The Morgan fingerprint density at radius 3 is 3.19 bits per heavy atom. The van der Waals surface area contributed by atoms with Crippen molar-refractivity contribution in [3.05, 3.63) is 30.1 Å². The summed E-state index contributed by atoms with van der Waals surface area (Å²) in [7, 11) is 0. The first-order valence-electron chi connectivity index (χ1n) is 7.47. The summed E-state index contributed by atoms with van der Waals surface area (Å²) in [5.41, 5.74) is 2.07. The summed E-state index contributed by atoms with van der Waals surface area (Å²) in [6, 6.07) is 5.99. The van der Waals surface area contributed by atoms with E-state index in [1.165, 1.54) is 0 Å². The zero-order valence-electron chi connectivity index (χ0n) is 12.3. The van der Waals surface area contributed by atoms with Gasteiger partial charge >= 0.3 is 0 Å². The Balaban J connectivity index is 2.02. The molecule has 1 atom stereocenters. The van der Waals surface area contributed by atoms with E-state index in [0.29, 0.717) is 13.2 Å². The van der Waals surface area contributed by atoms with Crippen LogP contribution in [0.1, 0.15) is 12.6 Å². The van der Waals surface area contributed by atoms with Gasteiger partial charge in [0.1, 0.15) is 5.65 Å². The van der Waals surface area contributed by atoms with Gasteiger partial charge in [-0.1, -0.05) is 13.0 Å². The average molecular weight is 290 g/mol. The van der Waals surface area contributed by atoms with Crippen molar-refractivity contribution in [1.29, 1.82) is 0 Å². The molecule has 3 rings (SSSR count). The van der Waals surface area contributed by atoms with Gasteiger partial charge in [-0.15, -0.1) is 0 Å². The van der Waals surface area contributed by atoms with Gasteiger partial charge < -0.3 is 24.5 Å². The normalized spacial score (nSPS) is 19.3. The molecule has 2 aromatic heterocycles. The largest absolute Gasteiger partial charge is 0.394 e. The number of hydrogen-bond donors (Lipinski definition) is 2. The standard InChI is InChI=1S/C15H22N4O2/c1-2-16-9-13-15(17-14-5-3-4-6-19(13)14)18-7-8-21-11-12(18)10-20/h3-6,12,16,20H,2,7-11H2,1H3. The third-order valence-corrected chi connectivity index (χ3v) is 3.86. The zero-order chi connectivity index (χ0) is 14.7. The van der Waals surface area contributed by atoms with Crippen molar-refractivity contribution in [3.63, 3.8) is 0 Å². The van der Waals surface area contributed by atoms with Crippen molar-refractivity contribution in [3.8, 4) is 0 Å². The number of ether oxygens (including phenoxy) is 1. The second-order valence-electron chi connectivity index (χ2n) is 5.20. The van der Waals surface area contributed by atoms with E-state index < -0.39 is 0 Å². The molecule has 1 unspecified atom stereocenters. The Hall–Kier alpha value is -1.63. The number of rotatable bonds is 5. The number of aliphatic hydroxyl groups is 1. The number of pyridine rings is 1. The molecule has 3 heterocycles. The topological polar surface area (TPSA) is 62.0 Å². The molecular weight excluding hydrogens is 268 g/mol. The highest BCUT2D eigenvalue weighted by atomic mass is 16.5. The molecule has 0 spiro atoms. The molecule has 1 aliphatic heterocycles. The van der Waals surface area contributed by atoms with E-state index in [4.69, 9.17) is 9.72 Å². The molecule has 0 radical (unpaired) electrons. The highest BCUT2D eigenvalue weighted by molar-refractivity contribution is 5.56. The lowest BCUT2D eigenvalue weighted by molar-refractivity contribution is 0.0722. The van der Waals surface area contributed by atoms with Crippen molar-refractivity contribution in [2.24, 2.45) is 0 Å². The van der Waals surface area contributed by atoms with Crippen molar-refractivity contribution < 1.29 is 9.84 Å². The molecule has 2 aromatic rings. The van der Waals surface area contributed by atoms with E-state index in [-0.39, 0.29) is 12.6 Å². The summed E-state index contributed by atoms with van der Waals surface area (Å²) >= 11 is 0. The number of aromatic nitrogens is 2. The van der Waals surface area contributed by atoms with Crippen molar-refractivity contribution in [1.82, 2.24) is 14.7 Å². The van der Waals surface area contributed by atoms with E-state index in [1.54, 1.807) is 0 Å². The van der Waals surface area contributed by atoms with Gasteiger partial charge in [-0.05, 0) is 18.7 Å². The van der Waals surface area contributed by atoms with Crippen LogP contribution in [0, 0.1) is 0 Å². The van der Waals surface area contributed by atoms with Crippen LogP contribution >= 0.6 is 0 Å². The number of morpholine rings is 1. The molecule has 6 heteroatoms. The smallest absolute Gasteiger partial charge is 0.152 e. The minimum atomic E-state index is -0.0240. The summed E-state index contributed by atoms with van der Waals surface area (Å²) in [6.45, 7) is 5.81. The Morgan fingerprint density at radius 1 is 1.48 bits per heavy atom. The number of imidazole rings is 1. The van der Waals surface area contributed by atoms with Gasteiger partial charge in [-0.25, -0.2) is 4.98 Å². The van der Waals surface area contributed by atoms with Crippen LogP contribution in [0.5, 0.6) is 0 Å². The van der Waals surface area contributed by atoms with Gasteiger partial charge in [0.25, 0.3) is 0 Å². The van der Waals surface area contributed by atoms with Crippen LogP contribution in [0.15, 0.2) is 24.4 Å². The Kier molecular flexibility index (Phi) is 4.38. The van der Waals surface area contributed by atoms with Crippen LogP contribution in [-0.4, -0.2) is 53.4 Å². The summed E-state index contributed by atoms with van der Waals surface area (Å²) in [4.78, 5) is 6.94. The van der Waals surface area contributed by atoms with E-state index >= 15 is 0 Å². The van der Waals surface area contributed by atoms with Gasteiger partial charge in [0.2, 0.25) is 0 Å². The molecule has 2 N–H and O–H groups in total. The maximum Gasteiger partial charge on any atom is 0.152 e. The first-order valence-corrected chi connectivity index (χ1v) is 7.47. The Labute approximate surface area is 124 Å². The quantitative estimate of drug-likeness (QED) is 0.846. The van der Waals surface area contributed by atoms with Crippen LogP contribution in [0.4, 0.5) is 5.82 Å². The molecule has 1 fully saturated rings. The van der Waals surface area contributed by atoms with Crippen molar-refractivity contribution >= 4 is 11.5 Å². The summed E-state index contributed by atoms with van der Waals surface area (Å²) < 4.78 is 7.58. The highest BCUT2D eigenvalue weighted by Gasteiger charge is 2.27. The first kappa shape index (κ1) is 14.3. The monoisotopic (exact) mass is 290 g/mol. The SMILES string of the molecule is CCNCc1c(N2CCOCC2CO)nc2ccccn12. The summed E-state index contributed by atoms with van der Waals surface area (Å²) in [5, 5.41) is 13.0. The van der Waals surface area contributed by atoms with Crippen LogP contribution < -0.4 is 10.2 Å². The predicted octanol–water partition coefficient (Wildman–Crippen LogP) is 0.641. The molecule has 0 amide bonds. The molecule has 1 saturated heterocycles. The number of nitrogens with zero attached hydrogens (tertiary/aromatic N) is 3. The van der Waals surface area contributed by atoms with Gasteiger partial charge in [0.15, 0.2) is 5.82 Å². The van der Waals surface area contributed by atoms with Crippen LogP contribution in [0.25, 0.3) is 5.65 Å². The van der Waals surface area contributed by atoms with Crippen LogP contribution in [0.3, 0.4) is 0 Å². The lowest BCUT2D eigenvalue weighted by Gasteiger charge is -2.35. The highest BCUT2D eigenvalue weighted by Crippen LogP contribution is 2.25. The predicted molar refractivity (Wildman–Crippen MR) is 81.6 cm³/mol. The van der Waals surface area contributed by atoms with Gasteiger partial charge in [-0.3, -0.25) is 0 Å². The van der Waals surface area contributed by atoms with Crippen LogP contribution in [-0.2, 0) is 11.3 Å². The zero-order valence-corrected chi connectivity index (χ0v) is 12.3. The molecule has 21 heavy (non-hydrogen) atoms. The fourth-order valence-electron chi connectivity index (χ4n) is 2.76. The fourth-order valence-corrected chi connectivity index (χ4v) is 2.76. The molecular formula is C15H22N4O2. The third kappa shape index (κ3) is 2.74. The molecule has 0 bridgehead atoms. The number of nitrogens with one attached hydrogen (secondary N) is 1. The Bertz CT molecular complexity index is 598. The minimum absolute atomic E-state index is 0.0240. The number of aliphatic hydroxyl groups excluding tert-OH is 1. The minimum Gasteiger partial charge on any atom is -0.394 e. The maximum absolute atomic E-state index is 9.59. The number of fused-ring (bicyclic) bond motifs is 1. The first-order chi connectivity index (χ1) is 10.3. The molecule has 0 aliphatic carbocycles. The average Bonchev–Trinajstić information content (AvgIpc) is 2.91. The molecule has 6 nitrogen and oxygen atoms in total. The summed E-state index contributed by atoms with van der Waals surface area (Å²) in [6.07, 6.45) is 2.03. The third-order valence-electron chi connectivity index (χ3n) is 3.86. The van der Waals surface area contributed by atoms with E-state index in [9.17, 15) is 5.11 Å². The molecule has 114 valence electrons. The van der Waals surface area contributed by atoms with Crippen molar-refractivity contribution in [2.45, 2.75) is 19.5 Å². The lowest BCUT2D eigenvalue weighted by atomic mass is 10.2. The summed E-state index contributed by atoms with van der Waals surface area (Å²) in [5.74, 6) is 0.949. The van der Waals surface area contributed by atoms with E-state index in [1.807, 2.05) is 24.4 Å². The van der Waals surface area contributed by atoms with Crippen LogP contribution in [0.2, 0.25) is 0 Å². The van der Waals surface area contributed by atoms with E-state index in [0.717, 1.165) is 36.8 Å². The maximum atomic E-state index is 9.59. The number of hydrogen-bond acceptors (Lipinski definition) is 5. The van der Waals surface area contributed by atoms with Gasteiger partial charge in [-0.2, -0.15) is 0 Å². The number of anilines is 1. The molecule has 1 aliphatic rings. The fraction of sp³-hybridized carbons (Fsp3) is 0.533. The van der Waals surface area contributed by atoms with Crippen molar-refractivity contribution in [2.75, 3.05) is 37.8 Å². The molecule has 0 saturated carbocycles. The van der Waals surface area contributed by atoms with Gasteiger partial charge in [0, 0.05) is 19.3 Å². The second kappa shape index (κ2) is 6.43. The lowest BCUT2D eigenvalue weighted by Crippen LogP contribution is -2.48. The Morgan fingerprint density at radius 2 is 2.38 bits per heavy atom. The molecule has 0 aromatic carbocycles. The second-order valence-corrected chi connectivity index (χ2v) is 5.20.